The van der Waals surface area contributed by atoms with Crippen LogP contribution < -0.4 is 4.74 Å². The minimum absolute atomic E-state index is 0.153. The van der Waals surface area contributed by atoms with Gasteiger partial charge in [0.2, 0.25) is 0 Å². The van der Waals surface area contributed by atoms with Crippen molar-refractivity contribution in [1.29, 1.82) is 0 Å². The van der Waals surface area contributed by atoms with Crippen molar-refractivity contribution in [3.63, 3.8) is 0 Å². The van der Waals surface area contributed by atoms with Crippen LogP contribution in [-0.4, -0.2) is 18.5 Å². The number of benzene rings is 1. The SMILES string of the molecule is CCCCCCCCCCCCCCOC(=O)CCCCC(=O)Oc1ccccc1CCC. The van der Waals surface area contributed by atoms with E-state index in [0.717, 1.165) is 31.2 Å². The van der Waals surface area contributed by atoms with Crippen molar-refractivity contribution >= 4 is 11.9 Å². The van der Waals surface area contributed by atoms with Crippen LogP contribution in [0.1, 0.15) is 129 Å². The molecule has 0 heterocycles. The summed E-state index contributed by atoms with van der Waals surface area (Å²) < 4.78 is 10.8. The first-order valence-corrected chi connectivity index (χ1v) is 13.6. The molecule has 1 aromatic carbocycles. The first kappa shape index (κ1) is 29.2. The Hall–Kier alpha value is -1.84. The van der Waals surface area contributed by atoms with Crippen molar-refractivity contribution in [2.75, 3.05) is 6.61 Å². The zero-order valence-corrected chi connectivity index (χ0v) is 21.4. The Morgan fingerprint density at radius 2 is 1.18 bits per heavy atom. The summed E-state index contributed by atoms with van der Waals surface area (Å²) >= 11 is 0. The maximum atomic E-state index is 12.1. The van der Waals surface area contributed by atoms with E-state index in [1.807, 2.05) is 24.3 Å². The van der Waals surface area contributed by atoms with Gasteiger partial charge in [-0.25, -0.2) is 0 Å². The number of esters is 2. The Labute approximate surface area is 202 Å². The van der Waals surface area contributed by atoms with Gasteiger partial charge in [0.25, 0.3) is 0 Å². The quantitative estimate of drug-likeness (QED) is 0.105. The second-order valence-electron chi connectivity index (χ2n) is 9.15. The molecule has 0 atom stereocenters. The fourth-order valence-corrected chi connectivity index (χ4v) is 3.99. The van der Waals surface area contributed by atoms with E-state index in [1.165, 1.54) is 64.2 Å². The van der Waals surface area contributed by atoms with E-state index in [9.17, 15) is 9.59 Å². The van der Waals surface area contributed by atoms with Crippen molar-refractivity contribution in [2.24, 2.45) is 0 Å². The molecule has 1 aromatic rings. The minimum Gasteiger partial charge on any atom is -0.466 e. The number of rotatable bonds is 21. The lowest BCUT2D eigenvalue weighted by atomic mass is 10.1. The standard InChI is InChI=1S/C29H48O4/c1-3-5-6-7-8-9-10-11-12-13-14-19-25-32-28(30)23-17-18-24-29(31)33-27-22-16-15-21-26(27)20-4-2/h15-16,21-22H,3-14,17-20,23-25H2,1-2H3. The monoisotopic (exact) mass is 460 g/mol. The molecule has 0 spiro atoms. The maximum absolute atomic E-state index is 12.1. The highest BCUT2D eigenvalue weighted by Crippen LogP contribution is 2.20. The lowest BCUT2D eigenvalue weighted by Crippen LogP contribution is -2.10. The third-order valence-electron chi connectivity index (χ3n) is 5.99. The summed E-state index contributed by atoms with van der Waals surface area (Å²) in [5.41, 5.74) is 1.06. The van der Waals surface area contributed by atoms with Crippen molar-refractivity contribution in [2.45, 2.75) is 129 Å². The summed E-state index contributed by atoms with van der Waals surface area (Å²) in [5.74, 6) is 0.273. The number of hydrogen-bond acceptors (Lipinski definition) is 4. The van der Waals surface area contributed by atoms with Crippen LogP contribution in [0.2, 0.25) is 0 Å². The first-order valence-electron chi connectivity index (χ1n) is 13.6. The molecule has 4 heteroatoms. The van der Waals surface area contributed by atoms with Gasteiger partial charge in [-0.05, 0) is 37.3 Å². The van der Waals surface area contributed by atoms with Crippen LogP contribution >= 0.6 is 0 Å². The van der Waals surface area contributed by atoms with Gasteiger partial charge in [-0.1, -0.05) is 109 Å². The summed E-state index contributed by atoms with van der Waals surface area (Å²) in [6, 6.07) is 7.69. The highest BCUT2D eigenvalue weighted by Gasteiger charge is 2.09. The van der Waals surface area contributed by atoms with Gasteiger partial charge in [0.1, 0.15) is 5.75 Å². The topological polar surface area (TPSA) is 52.6 Å². The third kappa shape index (κ3) is 16.4. The van der Waals surface area contributed by atoms with Crippen LogP contribution in [0.4, 0.5) is 0 Å². The Morgan fingerprint density at radius 3 is 1.79 bits per heavy atom. The molecule has 33 heavy (non-hydrogen) atoms. The number of unbranched alkanes of at least 4 members (excludes halogenated alkanes) is 12. The minimum atomic E-state index is -0.233. The van der Waals surface area contributed by atoms with Gasteiger partial charge < -0.3 is 9.47 Å². The lowest BCUT2D eigenvalue weighted by Gasteiger charge is -2.09. The molecular weight excluding hydrogens is 412 g/mol. The molecule has 0 aromatic heterocycles. The Balaban J connectivity index is 1.93. The summed E-state index contributed by atoms with van der Waals surface area (Å²) in [6.45, 7) is 4.89. The van der Waals surface area contributed by atoms with Crippen molar-refractivity contribution in [1.82, 2.24) is 0 Å². The Bertz CT molecular complexity index is 626. The fraction of sp³-hybridized carbons (Fsp3) is 0.724. The lowest BCUT2D eigenvalue weighted by molar-refractivity contribution is -0.144. The summed E-state index contributed by atoms with van der Waals surface area (Å²) in [5, 5.41) is 0. The van der Waals surface area contributed by atoms with E-state index in [1.54, 1.807) is 0 Å². The van der Waals surface area contributed by atoms with Gasteiger partial charge in [0.05, 0.1) is 6.61 Å². The molecule has 0 aliphatic carbocycles. The van der Waals surface area contributed by atoms with Crippen molar-refractivity contribution < 1.29 is 19.1 Å². The zero-order chi connectivity index (χ0) is 24.0. The van der Waals surface area contributed by atoms with Gasteiger partial charge in [-0.3, -0.25) is 9.59 Å². The normalized spacial score (nSPS) is 10.8. The van der Waals surface area contributed by atoms with Crippen LogP contribution in [0.25, 0.3) is 0 Å². The summed E-state index contributed by atoms with van der Waals surface area (Å²) in [7, 11) is 0. The molecule has 0 N–H and O–H groups in total. The third-order valence-corrected chi connectivity index (χ3v) is 5.99. The van der Waals surface area contributed by atoms with Crippen LogP contribution in [0, 0.1) is 0 Å². The number of para-hydroxylation sites is 1. The van der Waals surface area contributed by atoms with E-state index in [0.29, 0.717) is 38.0 Å². The predicted molar refractivity (Wildman–Crippen MR) is 137 cm³/mol. The van der Waals surface area contributed by atoms with Crippen molar-refractivity contribution in [3.8, 4) is 5.75 Å². The highest BCUT2D eigenvalue weighted by molar-refractivity contribution is 5.73. The summed E-state index contributed by atoms with van der Waals surface area (Å²) in [4.78, 5) is 23.9. The smallest absolute Gasteiger partial charge is 0.311 e. The second kappa shape index (κ2) is 20.7. The van der Waals surface area contributed by atoms with Gasteiger partial charge in [0, 0.05) is 12.8 Å². The Kier molecular flexibility index (Phi) is 18.4. The van der Waals surface area contributed by atoms with E-state index in [-0.39, 0.29) is 11.9 Å². The number of hydrogen-bond donors (Lipinski definition) is 0. The number of carbonyl (C=O) groups excluding carboxylic acids is 2. The van der Waals surface area contributed by atoms with Crippen LogP contribution in [0.3, 0.4) is 0 Å². The van der Waals surface area contributed by atoms with Crippen LogP contribution in [0.5, 0.6) is 5.75 Å². The molecule has 0 radical (unpaired) electrons. The molecule has 0 aliphatic heterocycles. The fourth-order valence-electron chi connectivity index (χ4n) is 3.99. The van der Waals surface area contributed by atoms with E-state index < -0.39 is 0 Å². The number of carbonyl (C=O) groups is 2. The molecule has 4 nitrogen and oxygen atoms in total. The molecule has 0 saturated carbocycles. The second-order valence-corrected chi connectivity index (χ2v) is 9.15. The largest absolute Gasteiger partial charge is 0.466 e. The van der Waals surface area contributed by atoms with Gasteiger partial charge in [-0.2, -0.15) is 0 Å². The first-order chi connectivity index (χ1) is 16.2. The number of ether oxygens (including phenoxy) is 2. The average molecular weight is 461 g/mol. The van der Waals surface area contributed by atoms with Gasteiger partial charge >= 0.3 is 11.9 Å². The zero-order valence-electron chi connectivity index (χ0n) is 21.4. The van der Waals surface area contributed by atoms with E-state index >= 15 is 0 Å². The summed E-state index contributed by atoms with van der Waals surface area (Å²) in [6.07, 6.45) is 19.5. The molecule has 0 unspecified atom stereocenters. The highest BCUT2D eigenvalue weighted by atomic mass is 16.5. The molecule has 0 aliphatic rings. The molecule has 1 rings (SSSR count). The van der Waals surface area contributed by atoms with E-state index in [4.69, 9.17) is 9.47 Å². The van der Waals surface area contributed by atoms with Crippen LogP contribution in [-0.2, 0) is 20.7 Å². The van der Waals surface area contributed by atoms with Gasteiger partial charge in [-0.15, -0.1) is 0 Å². The van der Waals surface area contributed by atoms with Crippen LogP contribution in [0.15, 0.2) is 24.3 Å². The average Bonchev–Trinajstić information content (AvgIpc) is 2.81. The molecule has 188 valence electrons. The number of aryl methyl sites for hydroxylation is 1. The van der Waals surface area contributed by atoms with Gasteiger partial charge in [0.15, 0.2) is 0 Å². The molecule has 0 saturated heterocycles. The maximum Gasteiger partial charge on any atom is 0.311 e. The Morgan fingerprint density at radius 1 is 0.636 bits per heavy atom. The predicted octanol–water partition coefficient (Wildman–Crippen LogP) is 8.35. The van der Waals surface area contributed by atoms with E-state index in [2.05, 4.69) is 13.8 Å². The molecule has 0 amide bonds. The molecule has 0 fully saturated rings. The molecule has 0 bridgehead atoms. The molecular formula is C29H48O4. The van der Waals surface area contributed by atoms with Crippen molar-refractivity contribution in [3.05, 3.63) is 29.8 Å².